The molecule has 4 aromatic rings. The molecular weight excluding hydrogens is 452 g/mol. The predicted molar refractivity (Wildman–Crippen MR) is 126 cm³/mol. The standard InChI is InChI=1S/C25H20N4O4S/c30-21(15-33-16-22-26-19-13-7-8-14-20(19)34-22)28-29-23(31)25(27-24(29)32,17-9-3-1-4-10-17)18-11-5-2-6-12-18/h1-14H,15-16H2,(H,27,32)(H,28,30). The summed E-state index contributed by atoms with van der Waals surface area (Å²) in [5.41, 5.74) is 2.97. The highest BCUT2D eigenvalue weighted by Crippen LogP contribution is 2.35. The molecule has 0 bridgehead atoms. The zero-order valence-corrected chi connectivity index (χ0v) is 18.7. The average molecular weight is 473 g/mol. The summed E-state index contributed by atoms with van der Waals surface area (Å²) in [7, 11) is 0. The summed E-state index contributed by atoms with van der Waals surface area (Å²) in [5, 5.41) is 4.22. The number of aromatic nitrogens is 1. The van der Waals surface area contributed by atoms with Crippen molar-refractivity contribution in [2.45, 2.75) is 12.1 Å². The van der Waals surface area contributed by atoms with Gasteiger partial charge in [0.25, 0.3) is 11.8 Å². The summed E-state index contributed by atoms with van der Waals surface area (Å²) in [6, 6.07) is 24.8. The van der Waals surface area contributed by atoms with Gasteiger partial charge in [0.15, 0.2) is 5.54 Å². The van der Waals surface area contributed by atoms with E-state index in [0.717, 1.165) is 15.2 Å². The lowest BCUT2D eigenvalue weighted by molar-refractivity contribution is -0.140. The Morgan fingerprint density at radius 1 is 0.941 bits per heavy atom. The third-order valence-corrected chi connectivity index (χ3v) is 6.48. The number of rotatable bonds is 7. The van der Waals surface area contributed by atoms with Gasteiger partial charge in [0.2, 0.25) is 0 Å². The molecule has 8 nitrogen and oxygen atoms in total. The van der Waals surface area contributed by atoms with Crippen molar-refractivity contribution in [3.8, 4) is 0 Å². The molecule has 2 N–H and O–H groups in total. The van der Waals surface area contributed by atoms with E-state index in [1.165, 1.54) is 11.3 Å². The Morgan fingerprint density at radius 2 is 1.56 bits per heavy atom. The summed E-state index contributed by atoms with van der Waals surface area (Å²) in [5.74, 6) is -1.23. The minimum absolute atomic E-state index is 0.144. The number of nitrogens with one attached hydrogen (secondary N) is 2. The van der Waals surface area contributed by atoms with Crippen LogP contribution < -0.4 is 10.7 Å². The highest BCUT2D eigenvalue weighted by Gasteiger charge is 2.54. The molecule has 1 fully saturated rings. The number of urea groups is 1. The molecular formula is C25H20N4O4S. The van der Waals surface area contributed by atoms with E-state index in [0.29, 0.717) is 16.1 Å². The first-order chi connectivity index (χ1) is 16.6. The van der Waals surface area contributed by atoms with Crippen LogP contribution in [0.1, 0.15) is 16.1 Å². The lowest BCUT2D eigenvalue weighted by atomic mass is 9.83. The molecule has 0 spiro atoms. The number of amides is 4. The lowest BCUT2D eigenvalue weighted by Gasteiger charge is -2.27. The number of imide groups is 1. The Kier molecular flexibility index (Phi) is 5.79. The molecule has 170 valence electrons. The normalized spacial score (nSPS) is 14.9. The van der Waals surface area contributed by atoms with Crippen molar-refractivity contribution in [3.05, 3.63) is 101 Å². The van der Waals surface area contributed by atoms with Crippen molar-refractivity contribution in [2.24, 2.45) is 0 Å². The second kappa shape index (κ2) is 9.05. The summed E-state index contributed by atoms with van der Waals surface area (Å²) < 4.78 is 6.51. The Morgan fingerprint density at radius 3 is 2.21 bits per heavy atom. The Bertz CT molecular complexity index is 1280. The molecule has 0 atom stereocenters. The van der Waals surface area contributed by atoms with E-state index in [1.807, 2.05) is 36.4 Å². The fraction of sp³-hybridized carbons (Fsp3) is 0.120. The van der Waals surface area contributed by atoms with Crippen LogP contribution >= 0.6 is 11.3 Å². The lowest BCUT2D eigenvalue weighted by Crippen LogP contribution is -2.50. The van der Waals surface area contributed by atoms with Crippen molar-refractivity contribution < 1.29 is 19.1 Å². The third kappa shape index (κ3) is 3.91. The molecule has 4 amide bonds. The molecule has 0 saturated carbocycles. The SMILES string of the molecule is O=C(COCc1nc2ccccc2s1)NN1C(=O)NC(c2ccccc2)(c2ccccc2)C1=O. The van der Waals surface area contributed by atoms with Crippen LogP contribution in [0.2, 0.25) is 0 Å². The van der Waals surface area contributed by atoms with Crippen molar-refractivity contribution in [1.29, 1.82) is 0 Å². The van der Waals surface area contributed by atoms with E-state index in [-0.39, 0.29) is 13.2 Å². The molecule has 5 rings (SSSR count). The first-order valence-electron chi connectivity index (χ1n) is 10.6. The van der Waals surface area contributed by atoms with Crippen LogP contribution in [0.15, 0.2) is 84.9 Å². The molecule has 1 aromatic heterocycles. The highest BCUT2D eigenvalue weighted by molar-refractivity contribution is 7.18. The number of carbonyl (C=O) groups is 3. The number of thiazole rings is 1. The number of carbonyl (C=O) groups excluding carboxylic acids is 3. The van der Waals surface area contributed by atoms with Crippen LogP contribution in [0, 0.1) is 0 Å². The Hall–Kier alpha value is -4.08. The smallest absolute Gasteiger partial charge is 0.344 e. The number of hydrazine groups is 1. The maximum Gasteiger partial charge on any atom is 0.344 e. The van der Waals surface area contributed by atoms with Crippen molar-refractivity contribution in [2.75, 3.05) is 6.61 Å². The first kappa shape index (κ1) is 21.7. The molecule has 0 unspecified atom stereocenters. The van der Waals surface area contributed by atoms with Gasteiger partial charge in [0, 0.05) is 0 Å². The number of hydrogen-bond donors (Lipinski definition) is 2. The van der Waals surface area contributed by atoms with Crippen LogP contribution in [-0.4, -0.2) is 34.4 Å². The van der Waals surface area contributed by atoms with Gasteiger partial charge in [-0.1, -0.05) is 72.8 Å². The Balaban J connectivity index is 1.29. The summed E-state index contributed by atoms with van der Waals surface area (Å²) in [4.78, 5) is 43.3. The fourth-order valence-electron chi connectivity index (χ4n) is 3.94. The van der Waals surface area contributed by atoms with Crippen LogP contribution in [0.5, 0.6) is 0 Å². The quantitative estimate of drug-likeness (QED) is 0.402. The van der Waals surface area contributed by atoms with E-state index < -0.39 is 23.4 Å². The average Bonchev–Trinajstić information content (AvgIpc) is 3.39. The van der Waals surface area contributed by atoms with Gasteiger partial charge in [0.1, 0.15) is 11.6 Å². The maximum atomic E-state index is 13.5. The molecule has 1 aliphatic heterocycles. The summed E-state index contributed by atoms with van der Waals surface area (Å²) in [6.45, 7) is -0.193. The minimum Gasteiger partial charge on any atom is -0.364 e. The number of ether oxygens (including phenoxy) is 1. The molecule has 1 aliphatic rings. The van der Waals surface area contributed by atoms with E-state index >= 15 is 0 Å². The number of fused-ring (bicyclic) bond motifs is 1. The van der Waals surface area contributed by atoms with Gasteiger partial charge in [0.05, 0.1) is 16.8 Å². The molecule has 0 aliphatic carbocycles. The van der Waals surface area contributed by atoms with Crippen molar-refractivity contribution >= 4 is 39.4 Å². The van der Waals surface area contributed by atoms with Crippen molar-refractivity contribution in [3.63, 3.8) is 0 Å². The topological polar surface area (TPSA) is 101 Å². The minimum atomic E-state index is -1.45. The number of nitrogens with zero attached hydrogens (tertiary/aromatic N) is 2. The number of hydrogen-bond acceptors (Lipinski definition) is 6. The van der Waals surface area contributed by atoms with E-state index in [4.69, 9.17) is 4.74 Å². The van der Waals surface area contributed by atoms with Gasteiger partial charge in [-0.15, -0.1) is 11.3 Å². The van der Waals surface area contributed by atoms with Crippen LogP contribution in [0.3, 0.4) is 0 Å². The molecule has 2 heterocycles. The van der Waals surface area contributed by atoms with E-state index in [9.17, 15) is 14.4 Å². The molecule has 34 heavy (non-hydrogen) atoms. The molecule has 0 radical (unpaired) electrons. The highest BCUT2D eigenvalue weighted by atomic mass is 32.1. The maximum absolute atomic E-state index is 13.5. The van der Waals surface area contributed by atoms with Gasteiger partial charge >= 0.3 is 6.03 Å². The van der Waals surface area contributed by atoms with Gasteiger partial charge in [-0.05, 0) is 23.3 Å². The summed E-state index contributed by atoms with van der Waals surface area (Å²) in [6.07, 6.45) is 0. The Labute approximate surface area is 199 Å². The van der Waals surface area contributed by atoms with E-state index in [1.54, 1.807) is 48.5 Å². The first-order valence-corrected chi connectivity index (χ1v) is 11.4. The number of benzene rings is 3. The predicted octanol–water partition coefficient (Wildman–Crippen LogP) is 3.34. The molecule has 9 heteroatoms. The molecule has 1 saturated heterocycles. The van der Waals surface area contributed by atoms with Crippen LogP contribution in [-0.2, 0) is 26.5 Å². The van der Waals surface area contributed by atoms with Crippen molar-refractivity contribution in [1.82, 2.24) is 20.7 Å². The fourth-order valence-corrected chi connectivity index (χ4v) is 4.84. The monoisotopic (exact) mass is 472 g/mol. The number of para-hydroxylation sites is 1. The van der Waals surface area contributed by atoms with Gasteiger partial charge in [-0.25, -0.2) is 9.78 Å². The third-order valence-electron chi connectivity index (χ3n) is 5.47. The van der Waals surface area contributed by atoms with Crippen LogP contribution in [0.4, 0.5) is 4.79 Å². The van der Waals surface area contributed by atoms with Gasteiger partial charge < -0.3 is 10.1 Å². The summed E-state index contributed by atoms with van der Waals surface area (Å²) >= 11 is 1.48. The zero-order valence-electron chi connectivity index (χ0n) is 17.9. The second-order valence-electron chi connectivity index (χ2n) is 7.66. The van der Waals surface area contributed by atoms with E-state index in [2.05, 4.69) is 15.7 Å². The van der Waals surface area contributed by atoms with Crippen LogP contribution in [0.25, 0.3) is 10.2 Å². The van der Waals surface area contributed by atoms with Gasteiger partial charge in [-0.3, -0.25) is 15.0 Å². The second-order valence-corrected chi connectivity index (χ2v) is 8.77. The largest absolute Gasteiger partial charge is 0.364 e. The zero-order chi connectivity index (χ0) is 23.5. The molecule has 3 aromatic carbocycles. The van der Waals surface area contributed by atoms with Gasteiger partial charge in [-0.2, -0.15) is 5.01 Å².